The molecule has 2 aromatic rings. The van der Waals surface area contributed by atoms with Gasteiger partial charge in [-0.15, -0.1) is 16.7 Å². The fraction of sp³-hybridized carbons (Fsp3) is 0.200. The Labute approximate surface area is 116 Å². The number of hydrogen-bond acceptors (Lipinski definition) is 4. The lowest BCUT2D eigenvalue weighted by Gasteiger charge is -2.03. The molecule has 4 nitrogen and oxygen atoms in total. The zero-order chi connectivity index (χ0) is 12.3. The summed E-state index contributed by atoms with van der Waals surface area (Å²) in [6, 6.07) is 5.69. The molecule has 0 aliphatic rings. The van der Waals surface area contributed by atoms with Gasteiger partial charge in [0.1, 0.15) is 0 Å². The lowest BCUT2D eigenvalue weighted by molar-refractivity contribution is 0.516. The second-order valence-electron chi connectivity index (χ2n) is 3.19. The van der Waals surface area contributed by atoms with E-state index in [9.17, 15) is 0 Å². The van der Waals surface area contributed by atoms with Gasteiger partial charge in [0.2, 0.25) is 5.89 Å². The third-order valence-corrected chi connectivity index (χ3v) is 3.03. The molecule has 90 valence electrons. The smallest absolute Gasteiger partial charge is 0.320 e. The summed E-state index contributed by atoms with van der Waals surface area (Å²) in [4.78, 5) is 0. The van der Waals surface area contributed by atoms with Crippen LogP contribution in [-0.4, -0.2) is 16.1 Å². The van der Waals surface area contributed by atoms with Gasteiger partial charge in [0.05, 0.1) is 5.69 Å². The Morgan fingerprint density at radius 3 is 2.88 bits per heavy atom. The molecule has 0 aliphatic heterocycles. The van der Waals surface area contributed by atoms with Gasteiger partial charge < -0.3 is 9.73 Å². The zero-order valence-electron chi connectivity index (χ0n) is 8.58. The number of aromatic nitrogens is 2. The first-order valence-corrected chi connectivity index (χ1v) is 6.50. The fourth-order valence-corrected chi connectivity index (χ4v) is 2.14. The van der Waals surface area contributed by atoms with Crippen molar-refractivity contribution in [2.45, 2.75) is 6.42 Å². The summed E-state index contributed by atoms with van der Waals surface area (Å²) in [6.07, 6.45) is 0.554. The van der Waals surface area contributed by atoms with Crippen LogP contribution in [0, 0.1) is 0 Å². The largest absolute Gasteiger partial charge is 0.408 e. The summed E-state index contributed by atoms with van der Waals surface area (Å²) >= 11 is 14.8. The van der Waals surface area contributed by atoms with Crippen molar-refractivity contribution in [1.82, 2.24) is 10.2 Å². The minimum atomic E-state index is 0.327. The number of nitrogens with zero attached hydrogens (tertiary/aromatic N) is 2. The quantitative estimate of drug-likeness (QED) is 0.857. The van der Waals surface area contributed by atoms with Crippen LogP contribution in [0.4, 0.5) is 11.7 Å². The molecule has 1 heterocycles. The maximum Gasteiger partial charge on any atom is 0.320 e. The third-order valence-electron chi connectivity index (χ3n) is 1.95. The van der Waals surface area contributed by atoms with Crippen LogP contribution >= 0.6 is 39.1 Å². The van der Waals surface area contributed by atoms with Gasteiger partial charge in [-0.1, -0.05) is 16.7 Å². The van der Waals surface area contributed by atoms with Crippen LogP contribution in [0.15, 0.2) is 27.1 Å². The number of anilines is 2. The summed E-state index contributed by atoms with van der Waals surface area (Å²) < 4.78 is 6.16. The summed E-state index contributed by atoms with van der Waals surface area (Å²) in [6.45, 7) is 0. The van der Waals surface area contributed by atoms with E-state index in [0.29, 0.717) is 29.2 Å². The molecule has 0 amide bonds. The predicted molar refractivity (Wildman–Crippen MR) is 71.2 cm³/mol. The second kappa shape index (κ2) is 5.71. The lowest BCUT2D eigenvalue weighted by atomic mass is 10.3. The first-order chi connectivity index (χ1) is 8.19. The van der Waals surface area contributed by atoms with Crippen LogP contribution in [0.2, 0.25) is 5.02 Å². The Morgan fingerprint density at radius 2 is 2.18 bits per heavy atom. The second-order valence-corrected chi connectivity index (χ2v) is 4.86. The van der Waals surface area contributed by atoms with E-state index < -0.39 is 0 Å². The number of halogens is 3. The molecular formula is C10H8BrCl2N3O. The first-order valence-electron chi connectivity index (χ1n) is 4.79. The molecule has 0 saturated heterocycles. The van der Waals surface area contributed by atoms with E-state index >= 15 is 0 Å². The molecule has 7 heteroatoms. The summed E-state index contributed by atoms with van der Waals surface area (Å²) in [5.74, 6) is 0.958. The van der Waals surface area contributed by atoms with Gasteiger partial charge >= 0.3 is 6.01 Å². The van der Waals surface area contributed by atoms with Gasteiger partial charge in [0, 0.05) is 21.8 Å². The van der Waals surface area contributed by atoms with Crippen molar-refractivity contribution in [2.75, 3.05) is 11.2 Å². The first kappa shape index (κ1) is 12.7. The Hall–Kier alpha value is -0.780. The number of hydrogen-bond donors (Lipinski definition) is 1. The zero-order valence-corrected chi connectivity index (χ0v) is 11.7. The average Bonchev–Trinajstić information content (AvgIpc) is 2.71. The normalized spacial score (nSPS) is 10.5. The van der Waals surface area contributed by atoms with Gasteiger partial charge in [-0.05, 0) is 34.1 Å². The van der Waals surface area contributed by atoms with Crippen molar-refractivity contribution in [3.63, 3.8) is 0 Å². The van der Waals surface area contributed by atoms with Gasteiger partial charge in [0.25, 0.3) is 0 Å². The van der Waals surface area contributed by atoms with E-state index in [-0.39, 0.29) is 0 Å². The van der Waals surface area contributed by atoms with Gasteiger partial charge in [-0.2, -0.15) is 0 Å². The summed E-state index contributed by atoms with van der Waals surface area (Å²) in [5.41, 5.74) is 0.801. The van der Waals surface area contributed by atoms with Crippen molar-refractivity contribution in [3.05, 3.63) is 33.6 Å². The van der Waals surface area contributed by atoms with Crippen LogP contribution in [0.25, 0.3) is 0 Å². The van der Waals surface area contributed by atoms with Crippen LogP contribution < -0.4 is 5.32 Å². The SMILES string of the molecule is ClCCc1nnc(Nc2ccc(Cl)cc2Br)o1. The van der Waals surface area contributed by atoms with E-state index in [1.165, 1.54) is 0 Å². The van der Waals surface area contributed by atoms with Crippen LogP contribution in [0.5, 0.6) is 0 Å². The molecule has 0 spiro atoms. The monoisotopic (exact) mass is 335 g/mol. The Kier molecular flexibility index (Phi) is 4.25. The van der Waals surface area contributed by atoms with E-state index in [2.05, 4.69) is 31.4 Å². The number of nitrogens with one attached hydrogen (secondary N) is 1. The molecule has 1 N–H and O–H groups in total. The molecule has 0 atom stereocenters. The van der Waals surface area contributed by atoms with Gasteiger partial charge in [-0.3, -0.25) is 0 Å². The third kappa shape index (κ3) is 3.34. The molecule has 0 unspecified atom stereocenters. The van der Waals surface area contributed by atoms with Gasteiger partial charge in [0.15, 0.2) is 0 Å². The number of rotatable bonds is 4. The maximum atomic E-state index is 5.84. The highest BCUT2D eigenvalue weighted by Gasteiger charge is 2.07. The van der Waals surface area contributed by atoms with Crippen LogP contribution in [-0.2, 0) is 6.42 Å². The van der Waals surface area contributed by atoms with Crippen molar-refractivity contribution in [3.8, 4) is 0 Å². The van der Waals surface area contributed by atoms with E-state index in [4.69, 9.17) is 27.6 Å². The molecule has 0 radical (unpaired) electrons. The van der Waals surface area contributed by atoms with Crippen molar-refractivity contribution in [2.24, 2.45) is 0 Å². The van der Waals surface area contributed by atoms with Crippen molar-refractivity contribution < 1.29 is 4.42 Å². The van der Waals surface area contributed by atoms with Crippen LogP contribution in [0.1, 0.15) is 5.89 Å². The molecule has 17 heavy (non-hydrogen) atoms. The summed E-state index contributed by atoms with van der Waals surface area (Å²) in [7, 11) is 0. The Balaban J connectivity index is 2.13. The molecule has 2 rings (SSSR count). The Bertz CT molecular complexity index is 518. The van der Waals surface area contributed by atoms with Crippen LogP contribution in [0.3, 0.4) is 0 Å². The number of alkyl halides is 1. The molecule has 1 aromatic heterocycles. The fourth-order valence-electron chi connectivity index (χ4n) is 1.19. The highest BCUT2D eigenvalue weighted by atomic mass is 79.9. The molecule has 0 bridgehead atoms. The minimum absolute atomic E-state index is 0.327. The van der Waals surface area contributed by atoms with E-state index in [1.54, 1.807) is 12.1 Å². The maximum absolute atomic E-state index is 5.84. The molecule has 0 aliphatic carbocycles. The number of aryl methyl sites for hydroxylation is 1. The van der Waals surface area contributed by atoms with Crippen molar-refractivity contribution in [1.29, 1.82) is 0 Å². The molecule has 0 saturated carbocycles. The molecule has 0 fully saturated rings. The topological polar surface area (TPSA) is 51.0 Å². The minimum Gasteiger partial charge on any atom is -0.408 e. The molecule has 1 aromatic carbocycles. The number of benzene rings is 1. The predicted octanol–water partition coefficient (Wildman–Crippen LogP) is 4.01. The Morgan fingerprint density at radius 1 is 1.35 bits per heavy atom. The highest BCUT2D eigenvalue weighted by molar-refractivity contribution is 9.10. The van der Waals surface area contributed by atoms with E-state index in [1.807, 2.05) is 6.07 Å². The van der Waals surface area contributed by atoms with E-state index in [0.717, 1.165) is 10.2 Å². The van der Waals surface area contributed by atoms with Gasteiger partial charge in [-0.25, -0.2) is 0 Å². The standard InChI is InChI=1S/C10H8BrCl2N3O/c11-7-5-6(13)1-2-8(7)14-10-16-15-9(17-10)3-4-12/h1-2,5H,3-4H2,(H,14,16). The average molecular weight is 337 g/mol. The molecular weight excluding hydrogens is 329 g/mol. The highest BCUT2D eigenvalue weighted by Crippen LogP contribution is 2.28. The summed E-state index contributed by atoms with van der Waals surface area (Å²) in [5, 5.41) is 11.3. The lowest BCUT2D eigenvalue weighted by Crippen LogP contribution is -1.91. The van der Waals surface area contributed by atoms with Crippen molar-refractivity contribution >= 4 is 50.8 Å².